The smallest absolute Gasteiger partial charge is 0.251 e. The average molecular weight is 323 g/mol. The molecule has 1 aromatic rings. The molecule has 128 valence electrons. The van der Waals surface area contributed by atoms with Crippen molar-refractivity contribution in [1.82, 2.24) is 5.32 Å². The predicted octanol–water partition coefficient (Wildman–Crippen LogP) is 1.95. The van der Waals surface area contributed by atoms with Gasteiger partial charge in [-0.3, -0.25) is 4.79 Å². The van der Waals surface area contributed by atoms with Crippen molar-refractivity contribution in [2.45, 2.75) is 45.0 Å². The third-order valence-corrected chi connectivity index (χ3v) is 3.75. The number of amides is 1. The van der Waals surface area contributed by atoms with Crippen LogP contribution in [0.2, 0.25) is 0 Å². The van der Waals surface area contributed by atoms with Gasteiger partial charge in [0, 0.05) is 25.7 Å². The van der Waals surface area contributed by atoms with Crippen LogP contribution in [0.4, 0.5) is 0 Å². The second kappa shape index (κ2) is 8.98. The van der Waals surface area contributed by atoms with Crippen molar-refractivity contribution in [3.63, 3.8) is 0 Å². The van der Waals surface area contributed by atoms with E-state index in [1.54, 1.807) is 19.2 Å². The number of hydrogen-bond acceptors (Lipinski definition) is 5. The Hall–Kier alpha value is -1.47. The van der Waals surface area contributed by atoms with Gasteiger partial charge in [0.15, 0.2) is 12.6 Å². The maximum atomic E-state index is 12.2. The van der Waals surface area contributed by atoms with Gasteiger partial charge in [0.25, 0.3) is 5.91 Å². The average Bonchev–Trinajstić information content (AvgIpc) is 2.57. The van der Waals surface area contributed by atoms with Crippen molar-refractivity contribution in [2.24, 2.45) is 0 Å². The summed E-state index contributed by atoms with van der Waals surface area (Å²) in [4.78, 5) is 12.2. The first-order valence-electron chi connectivity index (χ1n) is 7.91. The summed E-state index contributed by atoms with van der Waals surface area (Å²) in [6.07, 6.45) is -0.409. The summed E-state index contributed by atoms with van der Waals surface area (Å²) in [6, 6.07) is 8.91. The molecule has 1 saturated heterocycles. The zero-order valence-corrected chi connectivity index (χ0v) is 13.9. The summed E-state index contributed by atoms with van der Waals surface area (Å²) in [5, 5.41) is 2.95. The van der Waals surface area contributed by atoms with Crippen molar-refractivity contribution in [3.05, 3.63) is 35.9 Å². The fraction of sp³-hybridized carbons (Fsp3) is 0.588. The minimum absolute atomic E-state index is 0.128. The molecule has 6 heteroatoms. The van der Waals surface area contributed by atoms with Crippen molar-refractivity contribution in [3.8, 4) is 0 Å². The quantitative estimate of drug-likeness (QED) is 0.777. The second-order valence-electron chi connectivity index (χ2n) is 5.41. The molecule has 1 amide bonds. The van der Waals surface area contributed by atoms with Gasteiger partial charge >= 0.3 is 0 Å². The topological polar surface area (TPSA) is 66.0 Å². The van der Waals surface area contributed by atoms with Crippen LogP contribution in [-0.4, -0.2) is 51.0 Å². The van der Waals surface area contributed by atoms with Gasteiger partial charge in [-0.1, -0.05) is 18.2 Å². The molecule has 0 bridgehead atoms. The molecule has 1 unspecified atom stereocenters. The van der Waals surface area contributed by atoms with Crippen LogP contribution in [0.1, 0.15) is 30.6 Å². The Morgan fingerprint density at radius 2 is 2.13 bits per heavy atom. The summed E-state index contributed by atoms with van der Waals surface area (Å²) in [5.41, 5.74) is 0.623. The third-order valence-electron chi connectivity index (χ3n) is 3.75. The van der Waals surface area contributed by atoms with Crippen LogP contribution in [0.15, 0.2) is 30.3 Å². The molecule has 0 spiro atoms. The van der Waals surface area contributed by atoms with Gasteiger partial charge in [-0.2, -0.15) is 0 Å². The van der Waals surface area contributed by atoms with Crippen LogP contribution in [0.25, 0.3) is 0 Å². The molecule has 1 N–H and O–H groups in total. The van der Waals surface area contributed by atoms with E-state index in [0.29, 0.717) is 25.2 Å². The highest BCUT2D eigenvalue weighted by atomic mass is 16.7. The normalized spacial score (nSPS) is 25.8. The molecule has 1 aliphatic heterocycles. The summed E-state index contributed by atoms with van der Waals surface area (Å²) in [7, 11) is 1.59. The highest BCUT2D eigenvalue weighted by molar-refractivity contribution is 5.94. The lowest BCUT2D eigenvalue weighted by atomic mass is 10.1. The molecule has 0 radical (unpaired) electrons. The van der Waals surface area contributed by atoms with Gasteiger partial charge in [0.05, 0.1) is 18.8 Å². The number of carbonyl (C=O) groups is 1. The zero-order chi connectivity index (χ0) is 16.7. The first kappa shape index (κ1) is 17.9. The molecular formula is C17H25NO5. The number of carbonyl (C=O) groups excluding carboxylic acids is 1. The summed E-state index contributed by atoms with van der Waals surface area (Å²) in [5.74, 6) is -0.128. The number of ether oxygens (including phenoxy) is 4. The lowest BCUT2D eigenvalue weighted by molar-refractivity contribution is -0.250. The van der Waals surface area contributed by atoms with Crippen molar-refractivity contribution < 1.29 is 23.7 Å². The lowest BCUT2D eigenvalue weighted by Gasteiger charge is -2.36. The van der Waals surface area contributed by atoms with E-state index in [4.69, 9.17) is 18.9 Å². The molecule has 1 aliphatic rings. The molecule has 0 aromatic heterocycles. The van der Waals surface area contributed by atoms with Gasteiger partial charge < -0.3 is 24.3 Å². The number of benzene rings is 1. The molecule has 23 heavy (non-hydrogen) atoms. The molecule has 1 aromatic carbocycles. The number of hydrogen-bond donors (Lipinski definition) is 1. The van der Waals surface area contributed by atoms with E-state index in [2.05, 4.69) is 5.32 Å². The monoisotopic (exact) mass is 323 g/mol. The van der Waals surface area contributed by atoms with Crippen LogP contribution in [0.5, 0.6) is 0 Å². The Balaban J connectivity index is 1.83. The van der Waals surface area contributed by atoms with Crippen LogP contribution in [0.3, 0.4) is 0 Å². The van der Waals surface area contributed by atoms with Crippen LogP contribution >= 0.6 is 0 Å². The second-order valence-corrected chi connectivity index (χ2v) is 5.41. The minimum atomic E-state index is -0.397. The SMILES string of the molecule is CCOC(C[C@H]1OC[C@@H](NC(=O)c2ccccc2)[C@@H](C)O1)OC. The zero-order valence-electron chi connectivity index (χ0n) is 13.9. The predicted molar refractivity (Wildman–Crippen MR) is 85.0 cm³/mol. The van der Waals surface area contributed by atoms with E-state index in [9.17, 15) is 4.79 Å². The largest absolute Gasteiger partial charge is 0.356 e. The maximum Gasteiger partial charge on any atom is 0.251 e. The summed E-state index contributed by atoms with van der Waals surface area (Å²) in [6.45, 7) is 4.80. The highest BCUT2D eigenvalue weighted by Gasteiger charge is 2.31. The van der Waals surface area contributed by atoms with E-state index in [1.807, 2.05) is 32.0 Å². The van der Waals surface area contributed by atoms with Crippen LogP contribution < -0.4 is 5.32 Å². The van der Waals surface area contributed by atoms with E-state index >= 15 is 0 Å². The Bertz CT molecular complexity index is 481. The van der Waals surface area contributed by atoms with Crippen LogP contribution in [-0.2, 0) is 18.9 Å². The van der Waals surface area contributed by atoms with Gasteiger partial charge in [-0.05, 0) is 26.0 Å². The van der Waals surface area contributed by atoms with Gasteiger partial charge in [0.2, 0.25) is 0 Å². The molecule has 4 atom stereocenters. The number of rotatable bonds is 7. The first-order valence-corrected chi connectivity index (χ1v) is 7.91. The van der Waals surface area contributed by atoms with Crippen molar-refractivity contribution >= 4 is 5.91 Å². The molecule has 0 aliphatic carbocycles. The third kappa shape index (κ3) is 5.28. The molecular weight excluding hydrogens is 298 g/mol. The Labute approximate surface area is 137 Å². The molecule has 1 heterocycles. The standard InChI is InChI=1S/C17H25NO5/c1-4-21-15(20-3)10-16-22-11-14(12(2)23-16)18-17(19)13-8-6-5-7-9-13/h5-9,12,14-16H,4,10-11H2,1-3H3,(H,18,19)/t12-,14-,15?,16+/m1/s1. The maximum absolute atomic E-state index is 12.2. The van der Waals surface area contributed by atoms with Crippen molar-refractivity contribution in [1.29, 1.82) is 0 Å². The fourth-order valence-corrected chi connectivity index (χ4v) is 2.42. The summed E-state index contributed by atoms with van der Waals surface area (Å²) < 4.78 is 22.1. The van der Waals surface area contributed by atoms with Crippen LogP contribution in [0, 0.1) is 0 Å². The molecule has 6 nitrogen and oxygen atoms in total. The van der Waals surface area contributed by atoms with Crippen molar-refractivity contribution in [2.75, 3.05) is 20.3 Å². The van der Waals surface area contributed by atoms with E-state index < -0.39 is 6.29 Å². The Morgan fingerprint density at radius 3 is 2.74 bits per heavy atom. The Morgan fingerprint density at radius 1 is 1.39 bits per heavy atom. The molecule has 0 saturated carbocycles. The number of methoxy groups -OCH3 is 1. The van der Waals surface area contributed by atoms with Gasteiger partial charge in [-0.15, -0.1) is 0 Å². The van der Waals surface area contributed by atoms with Gasteiger partial charge in [-0.25, -0.2) is 0 Å². The van der Waals surface area contributed by atoms with E-state index in [0.717, 1.165) is 0 Å². The molecule has 2 rings (SSSR count). The highest BCUT2D eigenvalue weighted by Crippen LogP contribution is 2.18. The number of nitrogens with one attached hydrogen (secondary N) is 1. The minimum Gasteiger partial charge on any atom is -0.356 e. The van der Waals surface area contributed by atoms with E-state index in [-0.39, 0.29) is 24.3 Å². The first-order chi connectivity index (χ1) is 11.1. The fourth-order valence-electron chi connectivity index (χ4n) is 2.42. The summed E-state index contributed by atoms with van der Waals surface area (Å²) >= 11 is 0. The van der Waals surface area contributed by atoms with E-state index in [1.165, 1.54) is 0 Å². The molecule has 1 fully saturated rings. The van der Waals surface area contributed by atoms with Gasteiger partial charge in [0.1, 0.15) is 0 Å². The Kier molecular flexibility index (Phi) is 6.98. The lowest BCUT2D eigenvalue weighted by Crippen LogP contribution is -2.52.